The second-order valence-electron chi connectivity index (χ2n) is 12.8. The zero-order chi connectivity index (χ0) is 33.2. The van der Waals surface area contributed by atoms with Crippen LogP contribution in [-0.2, 0) is 24.8 Å². The third kappa shape index (κ3) is 7.06. The fourth-order valence-electron chi connectivity index (χ4n) is 6.38. The minimum atomic E-state index is -1.32. The summed E-state index contributed by atoms with van der Waals surface area (Å²) in [5.74, 6) is -3.87. The molecule has 14 nitrogen and oxygen atoms in total. The molecular formula is C32H40N8O6. The maximum Gasteiger partial charge on any atom is 0.287 e. The number of nitrogens with one attached hydrogen (secondary N) is 2. The molecule has 1 unspecified atom stereocenters. The molecule has 0 spiro atoms. The van der Waals surface area contributed by atoms with Crippen molar-refractivity contribution in [1.82, 2.24) is 30.2 Å². The van der Waals surface area contributed by atoms with Crippen LogP contribution in [-0.4, -0.2) is 83.7 Å². The molecule has 0 bridgehead atoms. The van der Waals surface area contributed by atoms with E-state index >= 15 is 0 Å². The number of H-pyrrole nitrogens is 1. The zero-order valence-corrected chi connectivity index (χ0v) is 26.2. The van der Waals surface area contributed by atoms with Crippen LogP contribution in [0, 0.1) is 5.92 Å². The minimum absolute atomic E-state index is 0.00613. The average molecular weight is 633 g/mol. The summed E-state index contributed by atoms with van der Waals surface area (Å²) in [7, 11) is 0. The summed E-state index contributed by atoms with van der Waals surface area (Å²) in [5.41, 5.74) is 5.32. The Labute approximate surface area is 265 Å². The second-order valence-corrected chi connectivity index (χ2v) is 12.8. The van der Waals surface area contributed by atoms with E-state index in [1.54, 1.807) is 38.2 Å². The SMILES string of the molecule is CC(NC(=O)[C@@H]1C[C@H](n2nncc2C(C)(C)O)CN1C(=O)/C(CC1CCCCC1)=N/C(=O)c1ccc2cc[nH]c2c1)C(=O)C(N)=O. The molecule has 14 heteroatoms. The number of hydrogen-bond donors (Lipinski definition) is 4. The molecule has 1 aliphatic heterocycles. The molecule has 3 aromatic rings. The maximum absolute atomic E-state index is 14.4. The van der Waals surface area contributed by atoms with Gasteiger partial charge in [-0.15, -0.1) is 5.10 Å². The van der Waals surface area contributed by atoms with Gasteiger partial charge in [-0.1, -0.05) is 43.4 Å². The highest BCUT2D eigenvalue weighted by atomic mass is 16.3. The van der Waals surface area contributed by atoms with Crippen LogP contribution in [0.5, 0.6) is 0 Å². The number of nitrogens with zero attached hydrogens (tertiary/aromatic N) is 5. The van der Waals surface area contributed by atoms with Gasteiger partial charge in [0.1, 0.15) is 17.4 Å². The van der Waals surface area contributed by atoms with Gasteiger partial charge < -0.3 is 26.0 Å². The highest BCUT2D eigenvalue weighted by Gasteiger charge is 2.44. The van der Waals surface area contributed by atoms with E-state index in [4.69, 9.17) is 5.73 Å². The molecular weight excluding hydrogens is 592 g/mol. The molecule has 244 valence electrons. The molecule has 1 saturated heterocycles. The highest BCUT2D eigenvalue weighted by molar-refractivity contribution is 6.41. The van der Waals surface area contributed by atoms with Crippen LogP contribution in [0.1, 0.15) is 87.8 Å². The first-order valence-electron chi connectivity index (χ1n) is 15.6. The van der Waals surface area contributed by atoms with Gasteiger partial charge in [0.25, 0.3) is 17.7 Å². The molecule has 2 aromatic heterocycles. The van der Waals surface area contributed by atoms with E-state index in [1.165, 1.54) is 22.7 Å². The van der Waals surface area contributed by atoms with Gasteiger partial charge in [-0.2, -0.15) is 0 Å². The molecule has 46 heavy (non-hydrogen) atoms. The Morgan fingerprint density at radius 1 is 1.15 bits per heavy atom. The maximum atomic E-state index is 14.4. The lowest BCUT2D eigenvalue weighted by molar-refractivity contribution is -0.139. The first kappa shape index (κ1) is 32.7. The third-order valence-corrected chi connectivity index (χ3v) is 8.88. The lowest BCUT2D eigenvalue weighted by atomic mass is 9.85. The number of ketones is 1. The van der Waals surface area contributed by atoms with Crippen molar-refractivity contribution >= 4 is 46.0 Å². The third-order valence-electron chi connectivity index (χ3n) is 8.88. The van der Waals surface area contributed by atoms with E-state index in [0.29, 0.717) is 11.3 Å². The number of benzene rings is 1. The Morgan fingerprint density at radius 3 is 2.59 bits per heavy atom. The summed E-state index contributed by atoms with van der Waals surface area (Å²) in [6, 6.07) is 4.12. The number of carbonyl (C=O) groups is 5. The highest BCUT2D eigenvalue weighted by Crippen LogP contribution is 2.33. The Balaban J connectivity index is 1.50. The first-order valence-corrected chi connectivity index (χ1v) is 15.6. The fourth-order valence-corrected chi connectivity index (χ4v) is 6.38. The molecule has 2 fully saturated rings. The van der Waals surface area contributed by atoms with Crippen LogP contribution >= 0.6 is 0 Å². The van der Waals surface area contributed by atoms with Crippen LogP contribution in [0.4, 0.5) is 0 Å². The molecule has 1 saturated carbocycles. The van der Waals surface area contributed by atoms with E-state index in [-0.39, 0.29) is 31.0 Å². The van der Waals surface area contributed by atoms with Crippen molar-refractivity contribution in [3.05, 3.63) is 47.9 Å². The molecule has 3 atom stereocenters. The Hall–Kier alpha value is -4.72. The monoisotopic (exact) mass is 632 g/mol. The van der Waals surface area contributed by atoms with E-state index in [0.717, 1.165) is 43.0 Å². The van der Waals surface area contributed by atoms with E-state index in [1.807, 2.05) is 6.07 Å². The van der Waals surface area contributed by atoms with Crippen molar-refractivity contribution < 1.29 is 29.1 Å². The lowest BCUT2D eigenvalue weighted by Gasteiger charge is -2.27. The van der Waals surface area contributed by atoms with Crippen molar-refractivity contribution in [3.63, 3.8) is 0 Å². The van der Waals surface area contributed by atoms with Gasteiger partial charge in [0, 0.05) is 30.2 Å². The number of aromatic nitrogens is 4. The minimum Gasteiger partial charge on any atom is -0.384 e. The summed E-state index contributed by atoms with van der Waals surface area (Å²) >= 11 is 0. The number of carbonyl (C=O) groups excluding carboxylic acids is 5. The largest absolute Gasteiger partial charge is 0.384 e. The van der Waals surface area contributed by atoms with Crippen LogP contribution in [0.2, 0.25) is 0 Å². The number of amides is 4. The molecule has 5 rings (SSSR count). The average Bonchev–Trinajstić information content (AvgIpc) is 3.79. The standard InChI is InChI=1S/C32H40N8O6/c1-18(27(41)28(33)42)36-30(44)25-15-22(40-26(16-35-38-40)32(2,3)46)17-39(25)31(45)24(13-19-7-5-4-6-8-19)37-29(43)21-10-9-20-11-12-34-23(20)14-21/h9-12,14,16,18-19,22,25,34,46H,4-8,13,15,17H2,1-3H3,(H2,33,42)(H,36,44)/b37-24+/t18?,22-,25-/m0/s1. The van der Waals surface area contributed by atoms with Crippen molar-refractivity contribution in [2.45, 2.75) is 89.4 Å². The number of primary amides is 1. The van der Waals surface area contributed by atoms with E-state index < -0.39 is 53.1 Å². The van der Waals surface area contributed by atoms with Gasteiger partial charge in [-0.3, -0.25) is 24.0 Å². The first-order chi connectivity index (χ1) is 21.8. The fraction of sp³-hybridized carbons (Fsp3) is 0.500. The second kappa shape index (κ2) is 13.3. The van der Waals surface area contributed by atoms with Crippen LogP contribution in [0.15, 0.2) is 41.7 Å². The number of nitrogens with two attached hydrogens (primary N) is 1. The number of aliphatic imine (C=N–C) groups is 1. The molecule has 5 N–H and O–H groups in total. The molecule has 1 aromatic carbocycles. The van der Waals surface area contributed by atoms with E-state index in [2.05, 4.69) is 25.6 Å². The Kier molecular flexibility index (Phi) is 9.47. The number of aromatic amines is 1. The molecule has 0 radical (unpaired) electrons. The van der Waals surface area contributed by atoms with Gasteiger partial charge in [0.2, 0.25) is 11.7 Å². The molecule has 2 aliphatic rings. The summed E-state index contributed by atoms with van der Waals surface area (Å²) in [4.78, 5) is 74.0. The Bertz CT molecular complexity index is 1680. The van der Waals surface area contributed by atoms with Gasteiger partial charge in [-0.25, -0.2) is 9.67 Å². The van der Waals surface area contributed by atoms with Crippen molar-refractivity contribution in [3.8, 4) is 0 Å². The molecule has 4 amide bonds. The number of hydrogen-bond acceptors (Lipinski definition) is 8. The smallest absolute Gasteiger partial charge is 0.287 e. The summed E-state index contributed by atoms with van der Waals surface area (Å²) in [6.07, 6.45) is 8.43. The van der Waals surface area contributed by atoms with Gasteiger partial charge in [0.15, 0.2) is 0 Å². The van der Waals surface area contributed by atoms with Crippen molar-refractivity contribution in [2.75, 3.05) is 6.54 Å². The summed E-state index contributed by atoms with van der Waals surface area (Å²) in [5, 5.41) is 22.3. The Morgan fingerprint density at radius 2 is 1.89 bits per heavy atom. The number of likely N-dealkylation sites (tertiary alicyclic amines) is 1. The lowest BCUT2D eigenvalue weighted by Crippen LogP contribution is -2.52. The summed E-state index contributed by atoms with van der Waals surface area (Å²) < 4.78 is 1.49. The van der Waals surface area contributed by atoms with Crippen molar-refractivity contribution in [1.29, 1.82) is 0 Å². The van der Waals surface area contributed by atoms with Crippen LogP contribution in [0.3, 0.4) is 0 Å². The summed E-state index contributed by atoms with van der Waals surface area (Å²) in [6.45, 7) is 4.48. The topological polar surface area (TPSA) is 206 Å². The van der Waals surface area contributed by atoms with Crippen molar-refractivity contribution in [2.24, 2.45) is 16.6 Å². The molecule has 3 heterocycles. The predicted molar refractivity (Wildman–Crippen MR) is 167 cm³/mol. The van der Waals surface area contributed by atoms with Gasteiger partial charge >= 0.3 is 0 Å². The van der Waals surface area contributed by atoms with E-state index in [9.17, 15) is 29.1 Å². The number of rotatable bonds is 10. The number of fused-ring (bicyclic) bond motifs is 1. The quantitative estimate of drug-likeness (QED) is 0.191. The normalized spacial score (nSPS) is 20.1. The number of Topliss-reactive ketones (excluding diaryl/α,β-unsaturated/α-hetero) is 1. The number of aliphatic hydroxyl groups is 1. The zero-order valence-electron chi connectivity index (χ0n) is 26.2. The predicted octanol–water partition coefficient (Wildman–Crippen LogP) is 1.94. The van der Waals surface area contributed by atoms with Gasteiger partial charge in [-0.05, 0) is 56.7 Å². The van der Waals surface area contributed by atoms with Gasteiger partial charge in [0.05, 0.1) is 24.0 Å². The molecule has 1 aliphatic carbocycles. The van der Waals surface area contributed by atoms with Crippen LogP contribution in [0.25, 0.3) is 10.9 Å². The van der Waals surface area contributed by atoms with Crippen LogP contribution < -0.4 is 11.1 Å².